The number of amides is 3. The molecular weight excluding hydrogens is 432 g/mol. The number of carbonyl (C=O) groups excluding carboxylic acids is 2. The van der Waals surface area contributed by atoms with Crippen molar-refractivity contribution in [2.75, 3.05) is 6.54 Å². The molecule has 3 amide bonds. The second-order valence-corrected chi connectivity index (χ2v) is 7.08. The number of rotatable bonds is 6. The number of nitrogens with one attached hydrogen (secondary N) is 1. The van der Waals surface area contributed by atoms with Crippen LogP contribution in [0.1, 0.15) is 11.1 Å². The van der Waals surface area contributed by atoms with Crippen LogP contribution in [-0.2, 0) is 11.4 Å². The molecule has 0 bridgehead atoms. The summed E-state index contributed by atoms with van der Waals surface area (Å²) in [5.74, 6) is 0.159. The molecule has 1 N–H and O–H groups in total. The van der Waals surface area contributed by atoms with Gasteiger partial charge in [0.1, 0.15) is 18.1 Å². The molecule has 1 saturated heterocycles. The molecule has 7 heteroatoms. The maximum absolute atomic E-state index is 12.4. The van der Waals surface area contributed by atoms with Crippen LogP contribution >= 0.6 is 27.5 Å². The van der Waals surface area contributed by atoms with Crippen molar-refractivity contribution in [3.8, 4) is 5.75 Å². The van der Waals surface area contributed by atoms with Crippen molar-refractivity contribution in [1.29, 1.82) is 0 Å². The molecule has 5 nitrogen and oxygen atoms in total. The van der Waals surface area contributed by atoms with Gasteiger partial charge in [-0.15, -0.1) is 6.58 Å². The van der Waals surface area contributed by atoms with Crippen LogP contribution in [0.25, 0.3) is 6.08 Å². The Bertz CT molecular complexity index is 943. The fourth-order valence-corrected chi connectivity index (χ4v) is 3.13. The third-order valence-electron chi connectivity index (χ3n) is 3.89. The van der Waals surface area contributed by atoms with Gasteiger partial charge in [0.05, 0.1) is 0 Å². The highest BCUT2D eigenvalue weighted by molar-refractivity contribution is 9.10. The van der Waals surface area contributed by atoms with E-state index in [9.17, 15) is 9.59 Å². The van der Waals surface area contributed by atoms with Gasteiger partial charge in [-0.05, 0) is 30.3 Å². The second-order valence-electron chi connectivity index (χ2n) is 5.75. The first-order valence-corrected chi connectivity index (χ1v) is 9.28. The fraction of sp³-hybridized carbons (Fsp3) is 0.100. The lowest BCUT2D eigenvalue weighted by molar-refractivity contribution is -0.122. The summed E-state index contributed by atoms with van der Waals surface area (Å²) in [4.78, 5) is 25.4. The molecule has 0 aromatic heterocycles. The SMILES string of the molecule is C=CCN1C(=O)N/C(=C/c2cc(Br)ccc2OCc2ccccc2Cl)C1=O. The molecule has 1 aliphatic rings. The first-order valence-electron chi connectivity index (χ1n) is 8.11. The van der Waals surface area contributed by atoms with Crippen molar-refractivity contribution < 1.29 is 14.3 Å². The molecule has 1 fully saturated rings. The zero-order valence-electron chi connectivity index (χ0n) is 14.2. The molecule has 1 heterocycles. The van der Waals surface area contributed by atoms with E-state index < -0.39 is 11.9 Å². The third kappa shape index (κ3) is 4.40. The lowest BCUT2D eigenvalue weighted by Crippen LogP contribution is -2.30. The van der Waals surface area contributed by atoms with Crippen LogP contribution in [0.15, 0.2) is 65.3 Å². The lowest BCUT2D eigenvalue weighted by Gasteiger charge is -2.11. The molecule has 0 radical (unpaired) electrons. The Hall–Kier alpha value is -2.57. The summed E-state index contributed by atoms with van der Waals surface area (Å²) in [7, 11) is 0. The highest BCUT2D eigenvalue weighted by Crippen LogP contribution is 2.28. The summed E-state index contributed by atoms with van der Waals surface area (Å²) >= 11 is 9.58. The van der Waals surface area contributed by atoms with Crippen LogP contribution in [0, 0.1) is 0 Å². The van der Waals surface area contributed by atoms with Crippen LogP contribution in [0.2, 0.25) is 5.02 Å². The van der Waals surface area contributed by atoms with Gasteiger partial charge in [0.15, 0.2) is 0 Å². The predicted molar refractivity (Wildman–Crippen MR) is 108 cm³/mol. The molecule has 0 unspecified atom stereocenters. The molecule has 0 spiro atoms. The topological polar surface area (TPSA) is 58.6 Å². The highest BCUT2D eigenvalue weighted by Gasteiger charge is 2.32. The molecule has 138 valence electrons. The fourth-order valence-electron chi connectivity index (χ4n) is 2.56. The second kappa shape index (κ2) is 8.41. The van der Waals surface area contributed by atoms with Crippen molar-refractivity contribution >= 4 is 45.5 Å². The van der Waals surface area contributed by atoms with Gasteiger partial charge in [-0.3, -0.25) is 9.69 Å². The summed E-state index contributed by atoms with van der Waals surface area (Å²) in [5.41, 5.74) is 1.69. The molecule has 27 heavy (non-hydrogen) atoms. The van der Waals surface area contributed by atoms with E-state index >= 15 is 0 Å². The van der Waals surface area contributed by atoms with Crippen molar-refractivity contribution in [2.45, 2.75) is 6.61 Å². The molecule has 1 aliphatic heterocycles. The Kier molecular flexibility index (Phi) is 5.98. The summed E-state index contributed by atoms with van der Waals surface area (Å²) in [6.45, 7) is 3.99. The van der Waals surface area contributed by atoms with Crippen molar-refractivity contribution in [2.24, 2.45) is 0 Å². The molecular formula is C20H16BrClN2O3. The number of carbonyl (C=O) groups is 2. The van der Waals surface area contributed by atoms with E-state index in [2.05, 4.69) is 27.8 Å². The summed E-state index contributed by atoms with van der Waals surface area (Å²) in [6, 6.07) is 12.4. The van der Waals surface area contributed by atoms with Crippen LogP contribution in [-0.4, -0.2) is 23.4 Å². The van der Waals surface area contributed by atoms with Gasteiger partial charge < -0.3 is 10.1 Å². The third-order valence-corrected chi connectivity index (χ3v) is 4.75. The summed E-state index contributed by atoms with van der Waals surface area (Å²) in [6.07, 6.45) is 3.09. The predicted octanol–water partition coefficient (Wildman–Crippen LogP) is 4.76. The van der Waals surface area contributed by atoms with Crippen molar-refractivity contribution in [1.82, 2.24) is 10.2 Å². The molecule has 0 saturated carbocycles. The number of imide groups is 1. The minimum atomic E-state index is -0.473. The molecule has 3 rings (SSSR count). The molecule has 2 aromatic rings. The maximum Gasteiger partial charge on any atom is 0.329 e. The largest absolute Gasteiger partial charge is 0.488 e. The number of ether oxygens (including phenoxy) is 1. The van der Waals surface area contributed by atoms with E-state index in [4.69, 9.17) is 16.3 Å². The minimum Gasteiger partial charge on any atom is -0.488 e. The number of benzene rings is 2. The van der Waals surface area contributed by atoms with Crippen LogP contribution in [0.5, 0.6) is 5.75 Å². The lowest BCUT2D eigenvalue weighted by atomic mass is 10.1. The van der Waals surface area contributed by atoms with Gasteiger partial charge >= 0.3 is 6.03 Å². The van der Waals surface area contributed by atoms with E-state index in [-0.39, 0.29) is 18.8 Å². The minimum absolute atomic E-state index is 0.149. The zero-order chi connectivity index (χ0) is 19.4. The van der Waals surface area contributed by atoms with E-state index in [0.29, 0.717) is 16.3 Å². The van der Waals surface area contributed by atoms with Gasteiger partial charge in [-0.25, -0.2) is 4.79 Å². The Morgan fingerprint density at radius 2 is 2.00 bits per heavy atom. The van der Waals surface area contributed by atoms with Crippen molar-refractivity contribution in [3.05, 3.63) is 81.4 Å². The average Bonchev–Trinajstić information content (AvgIpc) is 2.90. The molecule has 0 atom stereocenters. The smallest absolute Gasteiger partial charge is 0.329 e. The number of hydrogen-bond donors (Lipinski definition) is 1. The monoisotopic (exact) mass is 446 g/mol. The van der Waals surface area contributed by atoms with Gasteiger partial charge in [-0.1, -0.05) is 51.8 Å². The van der Waals surface area contributed by atoms with Gasteiger partial charge in [0.25, 0.3) is 5.91 Å². The molecule has 2 aromatic carbocycles. The average molecular weight is 448 g/mol. The number of nitrogens with zero attached hydrogens (tertiary/aromatic N) is 1. The Labute approximate surface area is 170 Å². The number of urea groups is 1. The Morgan fingerprint density at radius 1 is 1.22 bits per heavy atom. The van der Waals surface area contributed by atoms with Gasteiger partial charge in [0.2, 0.25) is 0 Å². The van der Waals surface area contributed by atoms with E-state index in [0.717, 1.165) is 14.9 Å². The van der Waals surface area contributed by atoms with Gasteiger partial charge in [-0.2, -0.15) is 0 Å². The van der Waals surface area contributed by atoms with Crippen molar-refractivity contribution in [3.63, 3.8) is 0 Å². The number of hydrogen-bond acceptors (Lipinski definition) is 3. The zero-order valence-corrected chi connectivity index (χ0v) is 16.6. The first kappa shape index (κ1) is 19.2. The normalized spacial score (nSPS) is 15.2. The maximum atomic E-state index is 12.4. The number of halogens is 2. The van der Waals surface area contributed by atoms with E-state index in [1.54, 1.807) is 18.2 Å². The standard InChI is InChI=1S/C20H16BrClN2O3/c1-2-9-24-19(25)17(23-20(24)26)11-14-10-15(21)7-8-18(14)27-12-13-5-3-4-6-16(13)22/h2-8,10-11H,1,9,12H2,(H,23,26)/b17-11+. The van der Waals surface area contributed by atoms with Gasteiger partial charge in [0, 0.05) is 27.2 Å². The van der Waals surface area contributed by atoms with E-state index in [1.807, 2.05) is 30.3 Å². The summed E-state index contributed by atoms with van der Waals surface area (Å²) < 4.78 is 6.72. The summed E-state index contributed by atoms with van der Waals surface area (Å²) in [5, 5.41) is 3.19. The van der Waals surface area contributed by atoms with Crippen LogP contribution < -0.4 is 10.1 Å². The van der Waals surface area contributed by atoms with Crippen LogP contribution in [0.3, 0.4) is 0 Å². The highest BCUT2D eigenvalue weighted by atomic mass is 79.9. The first-order chi connectivity index (χ1) is 13.0. The quantitative estimate of drug-likeness (QED) is 0.394. The van der Waals surface area contributed by atoms with Crippen LogP contribution in [0.4, 0.5) is 4.79 Å². The Balaban J connectivity index is 1.86. The van der Waals surface area contributed by atoms with E-state index in [1.165, 1.54) is 6.08 Å². The molecule has 0 aliphatic carbocycles. The Morgan fingerprint density at radius 3 is 2.74 bits per heavy atom.